The highest BCUT2D eigenvalue weighted by Gasteiger charge is 2.20. The molecule has 0 aliphatic heterocycles. The minimum absolute atomic E-state index is 0.0160. The first kappa shape index (κ1) is 17.5. The van der Waals surface area contributed by atoms with Gasteiger partial charge in [0.2, 0.25) is 10.0 Å². The third kappa shape index (κ3) is 4.49. The summed E-state index contributed by atoms with van der Waals surface area (Å²) in [6.07, 6.45) is 0. The van der Waals surface area contributed by atoms with Gasteiger partial charge in [-0.1, -0.05) is 30.1 Å². The number of likely N-dealkylation sites (N-methyl/N-ethyl adjacent to an activating group) is 1. The summed E-state index contributed by atoms with van der Waals surface area (Å²) in [6, 6.07) is 2.68. The van der Waals surface area contributed by atoms with Crippen molar-refractivity contribution in [3.8, 4) is 5.75 Å². The predicted octanol–water partition coefficient (Wildman–Crippen LogP) is 2.28. The first-order valence-corrected chi connectivity index (χ1v) is 8.31. The molecule has 0 heterocycles. The van der Waals surface area contributed by atoms with Gasteiger partial charge in [-0.25, -0.2) is 13.1 Å². The van der Waals surface area contributed by atoms with E-state index in [4.69, 9.17) is 27.9 Å². The van der Waals surface area contributed by atoms with Crippen molar-refractivity contribution in [2.24, 2.45) is 0 Å². The van der Waals surface area contributed by atoms with E-state index in [1.54, 1.807) is 0 Å². The number of ether oxygens (including phenoxy) is 1. The normalized spacial score (nSPS) is 13.2. The molecule has 1 atom stereocenters. The van der Waals surface area contributed by atoms with Crippen molar-refractivity contribution < 1.29 is 13.2 Å². The van der Waals surface area contributed by atoms with E-state index >= 15 is 0 Å². The average Bonchev–Trinajstić information content (AvgIpc) is 2.39. The van der Waals surface area contributed by atoms with Crippen molar-refractivity contribution in [3.63, 3.8) is 0 Å². The van der Waals surface area contributed by atoms with Crippen molar-refractivity contribution in [1.82, 2.24) is 10.0 Å². The van der Waals surface area contributed by atoms with Gasteiger partial charge in [-0.05, 0) is 19.5 Å². The van der Waals surface area contributed by atoms with Crippen molar-refractivity contribution in [2.75, 3.05) is 20.2 Å². The Kier molecular flexibility index (Phi) is 6.54. The van der Waals surface area contributed by atoms with E-state index in [-0.39, 0.29) is 27.5 Å². The maximum atomic E-state index is 12.2. The molecule has 0 amide bonds. The van der Waals surface area contributed by atoms with Crippen LogP contribution < -0.4 is 14.8 Å². The molecule has 5 nitrogen and oxygen atoms in total. The largest absolute Gasteiger partial charge is 0.495 e. The van der Waals surface area contributed by atoms with E-state index in [9.17, 15) is 8.42 Å². The molecule has 1 aromatic carbocycles. The van der Waals surface area contributed by atoms with Gasteiger partial charge in [-0.15, -0.1) is 0 Å². The van der Waals surface area contributed by atoms with E-state index < -0.39 is 10.0 Å². The topological polar surface area (TPSA) is 67.4 Å². The molecular formula is C12H18Cl2N2O3S. The first-order chi connectivity index (χ1) is 9.31. The van der Waals surface area contributed by atoms with Gasteiger partial charge in [0, 0.05) is 18.7 Å². The Morgan fingerprint density at radius 2 is 1.95 bits per heavy atom. The van der Waals surface area contributed by atoms with Gasteiger partial charge in [-0.2, -0.15) is 0 Å². The molecule has 0 saturated heterocycles. The summed E-state index contributed by atoms with van der Waals surface area (Å²) in [7, 11) is -2.28. The molecule has 0 saturated carbocycles. The number of nitrogens with one attached hydrogen (secondary N) is 2. The SMILES string of the molecule is CCN[C@H](C)CNS(=O)(=O)c1cc(Cl)c(OC)cc1Cl. The van der Waals surface area contributed by atoms with Crippen LogP contribution in [0.25, 0.3) is 0 Å². The van der Waals surface area contributed by atoms with Crippen molar-refractivity contribution in [2.45, 2.75) is 24.8 Å². The number of hydrogen-bond donors (Lipinski definition) is 2. The smallest absolute Gasteiger partial charge is 0.242 e. The molecule has 0 fully saturated rings. The average molecular weight is 341 g/mol. The molecule has 0 aliphatic rings. The lowest BCUT2D eigenvalue weighted by Crippen LogP contribution is -2.38. The Morgan fingerprint density at radius 3 is 2.50 bits per heavy atom. The summed E-state index contributed by atoms with van der Waals surface area (Å²) < 4.78 is 31.9. The number of methoxy groups -OCH3 is 1. The molecular weight excluding hydrogens is 323 g/mol. The van der Waals surface area contributed by atoms with E-state index in [0.29, 0.717) is 5.75 Å². The summed E-state index contributed by atoms with van der Waals surface area (Å²) >= 11 is 11.9. The molecule has 20 heavy (non-hydrogen) atoms. The molecule has 0 unspecified atom stereocenters. The van der Waals surface area contributed by atoms with Crippen LogP contribution in [0.1, 0.15) is 13.8 Å². The summed E-state index contributed by atoms with van der Waals surface area (Å²) in [6.45, 7) is 4.86. The molecule has 0 radical (unpaired) electrons. The molecule has 0 aliphatic carbocycles. The molecule has 0 aromatic heterocycles. The van der Waals surface area contributed by atoms with Gasteiger partial charge in [0.15, 0.2) is 0 Å². The van der Waals surface area contributed by atoms with E-state index in [1.165, 1.54) is 19.2 Å². The Morgan fingerprint density at radius 1 is 1.30 bits per heavy atom. The van der Waals surface area contributed by atoms with Crippen LogP contribution in [0.2, 0.25) is 10.0 Å². The third-order valence-electron chi connectivity index (χ3n) is 2.63. The van der Waals surface area contributed by atoms with Crippen LogP contribution in [-0.2, 0) is 10.0 Å². The highest BCUT2D eigenvalue weighted by molar-refractivity contribution is 7.89. The van der Waals surface area contributed by atoms with Crippen LogP contribution in [-0.4, -0.2) is 34.7 Å². The van der Waals surface area contributed by atoms with Crippen LogP contribution >= 0.6 is 23.2 Å². The number of hydrogen-bond acceptors (Lipinski definition) is 4. The highest BCUT2D eigenvalue weighted by Crippen LogP contribution is 2.33. The van der Waals surface area contributed by atoms with Gasteiger partial charge >= 0.3 is 0 Å². The van der Waals surface area contributed by atoms with Gasteiger partial charge in [-0.3, -0.25) is 0 Å². The second-order valence-electron chi connectivity index (χ2n) is 4.23. The van der Waals surface area contributed by atoms with Gasteiger partial charge in [0.05, 0.1) is 17.2 Å². The van der Waals surface area contributed by atoms with Crippen LogP contribution in [0.4, 0.5) is 0 Å². The molecule has 8 heteroatoms. The Hall–Kier alpha value is -0.530. The molecule has 114 valence electrons. The minimum atomic E-state index is -3.71. The lowest BCUT2D eigenvalue weighted by molar-refractivity contribution is 0.414. The Labute approximate surface area is 129 Å². The van der Waals surface area contributed by atoms with Crippen LogP contribution in [0.3, 0.4) is 0 Å². The summed E-state index contributed by atoms with van der Waals surface area (Å²) in [4.78, 5) is -0.0614. The van der Waals surface area contributed by atoms with Crippen molar-refractivity contribution >= 4 is 33.2 Å². The van der Waals surface area contributed by atoms with E-state index in [0.717, 1.165) is 6.54 Å². The molecule has 0 bridgehead atoms. The highest BCUT2D eigenvalue weighted by atomic mass is 35.5. The number of benzene rings is 1. The third-order valence-corrected chi connectivity index (χ3v) is 4.81. The maximum absolute atomic E-state index is 12.2. The van der Waals surface area contributed by atoms with E-state index in [2.05, 4.69) is 10.0 Å². The minimum Gasteiger partial charge on any atom is -0.495 e. The summed E-state index contributed by atoms with van der Waals surface area (Å²) in [5.41, 5.74) is 0. The second kappa shape index (κ2) is 7.47. The molecule has 1 rings (SSSR count). The summed E-state index contributed by atoms with van der Waals surface area (Å²) in [5, 5.41) is 3.36. The second-order valence-corrected chi connectivity index (χ2v) is 6.78. The first-order valence-electron chi connectivity index (χ1n) is 6.08. The zero-order valence-corrected chi connectivity index (χ0v) is 13.9. The van der Waals surface area contributed by atoms with Crippen LogP contribution in [0.5, 0.6) is 5.75 Å². The number of halogens is 2. The zero-order chi connectivity index (χ0) is 15.3. The summed E-state index contributed by atoms with van der Waals surface area (Å²) in [5.74, 6) is 0.330. The lowest BCUT2D eigenvalue weighted by atomic mass is 10.3. The van der Waals surface area contributed by atoms with Crippen molar-refractivity contribution in [3.05, 3.63) is 22.2 Å². The Balaban J connectivity index is 2.95. The molecule has 2 N–H and O–H groups in total. The van der Waals surface area contributed by atoms with Crippen molar-refractivity contribution in [1.29, 1.82) is 0 Å². The van der Waals surface area contributed by atoms with Gasteiger partial charge in [0.25, 0.3) is 0 Å². The zero-order valence-electron chi connectivity index (χ0n) is 11.5. The van der Waals surface area contributed by atoms with E-state index in [1.807, 2.05) is 13.8 Å². The predicted molar refractivity (Wildman–Crippen MR) is 81.3 cm³/mol. The fourth-order valence-corrected chi connectivity index (χ4v) is 3.58. The number of rotatable bonds is 7. The van der Waals surface area contributed by atoms with Crippen LogP contribution in [0, 0.1) is 0 Å². The molecule has 1 aromatic rings. The Bertz CT molecular complexity index is 564. The quantitative estimate of drug-likeness (QED) is 0.798. The lowest BCUT2D eigenvalue weighted by Gasteiger charge is -2.15. The van der Waals surface area contributed by atoms with Gasteiger partial charge < -0.3 is 10.1 Å². The number of sulfonamides is 1. The van der Waals surface area contributed by atoms with Crippen LogP contribution in [0.15, 0.2) is 17.0 Å². The fourth-order valence-electron chi connectivity index (χ4n) is 1.61. The fraction of sp³-hybridized carbons (Fsp3) is 0.500. The monoisotopic (exact) mass is 340 g/mol. The molecule has 0 spiro atoms. The standard InChI is InChI=1S/C12H18Cl2N2O3S/c1-4-15-8(2)7-16-20(17,18)12-6-9(13)11(19-3)5-10(12)14/h5-6,8,15-16H,4,7H2,1-3H3/t8-/m1/s1. The maximum Gasteiger partial charge on any atom is 0.242 e. The van der Waals surface area contributed by atoms with Gasteiger partial charge in [0.1, 0.15) is 10.6 Å².